The second kappa shape index (κ2) is 6.08. The second-order valence-electron chi connectivity index (χ2n) is 5.72. The Morgan fingerprint density at radius 2 is 2.17 bits per heavy atom. The molecule has 3 rings (SSSR count). The zero-order chi connectivity index (χ0) is 16.6. The van der Waals surface area contributed by atoms with Crippen LogP contribution in [0.5, 0.6) is 0 Å². The number of hydrogen-bond donors (Lipinski definition) is 3. The van der Waals surface area contributed by atoms with E-state index in [1.54, 1.807) is 18.2 Å². The molecular weight excluding hydrogens is 320 g/mol. The van der Waals surface area contributed by atoms with Crippen LogP contribution < -0.4 is 16.0 Å². The molecule has 1 aromatic rings. The van der Waals surface area contributed by atoms with Crippen LogP contribution in [-0.2, 0) is 9.59 Å². The van der Waals surface area contributed by atoms with Gasteiger partial charge in [-0.2, -0.15) is 0 Å². The van der Waals surface area contributed by atoms with Gasteiger partial charge in [0.1, 0.15) is 6.04 Å². The van der Waals surface area contributed by atoms with E-state index in [0.717, 1.165) is 5.56 Å². The van der Waals surface area contributed by atoms with Gasteiger partial charge in [0.2, 0.25) is 11.8 Å². The molecule has 2 heterocycles. The summed E-state index contributed by atoms with van der Waals surface area (Å²) < 4.78 is 0. The van der Waals surface area contributed by atoms with Crippen LogP contribution in [0.25, 0.3) is 0 Å². The van der Waals surface area contributed by atoms with Crippen LogP contribution in [0.15, 0.2) is 18.2 Å². The quantitative estimate of drug-likeness (QED) is 0.748. The average Bonchev–Trinajstić information content (AvgIpc) is 2.93. The van der Waals surface area contributed by atoms with Gasteiger partial charge >= 0.3 is 6.03 Å². The number of anilines is 1. The Morgan fingerprint density at radius 1 is 1.39 bits per heavy atom. The maximum Gasteiger partial charge on any atom is 0.319 e. The summed E-state index contributed by atoms with van der Waals surface area (Å²) in [6.07, 6.45) is 0.416. The molecule has 2 aliphatic heterocycles. The lowest BCUT2D eigenvalue weighted by Gasteiger charge is -2.28. The van der Waals surface area contributed by atoms with Gasteiger partial charge in [0, 0.05) is 17.3 Å². The van der Waals surface area contributed by atoms with Crippen LogP contribution >= 0.6 is 11.6 Å². The maximum atomic E-state index is 12.1. The third kappa shape index (κ3) is 3.10. The molecule has 0 aliphatic carbocycles. The molecule has 0 bridgehead atoms. The summed E-state index contributed by atoms with van der Waals surface area (Å²) in [5.41, 5.74) is 1.40. The second-order valence-corrected chi connectivity index (χ2v) is 6.13. The molecule has 2 saturated heterocycles. The largest absolute Gasteiger partial charge is 0.345 e. The molecule has 0 aromatic heterocycles. The fourth-order valence-corrected chi connectivity index (χ4v) is 3.11. The van der Waals surface area contributed by atoms with Crippen LogP contribution in [0.1, 0.15) is 12.0 Å². The minimum Gasteiger partial charge on any atom is -0.345 e. The Kier molecular flexibility index (Phi) is 4.12. The number of nitrogens with one attached hydrogen (secondary N) is 3. The molecular formula is C15H17ClN4O3. The lowest BCUT2D eigenvalue weighted by molar-refractivity contribution is -0.143. The minimum absolute atomic E-state index is 0.0238. The van der Waals surface area contributed by atoms with Crippen molar-refractivity contribution in [2.24, 2.45) is 0 Å². The van der Waals surface area contributed by atoms with Gasteiger partial charge in [0.25, 0.3) is 0 Å². The van der Waals surface area contributed by atoms with Crippen LogP contribution in [0.3, 0.4) is 0 Å². The van der Waals surface area contributed by atoms with Crippen molar-refractivity contribution in [1.29, 1.82) is 0 Å². The molecule has 2 aliphatic rings. The number of benzene rings is 1. The topological polar surface area (TPSA) is 90.5 Å². The highest BCUT2D eigenvalue weighted by atomic mass is 35.5. The van der Waals surface area contributed by atoms with Gasteiger partial charge in [-0.3, -0.25) is 9.59 Å². The Hall–Kier alpha value is -2.28. The van der Waals surface area contributed by atoms with E-state index >= 15 is 0 Å². The summed E-state index contributed by atoms with van der Waals surface area (Å²) in [7, 11) is 0. The lowest BCUT2D eigenvalue weighted by Crippen LogP contribution is -2.55. The number of nitrogens with zero attached hydrogens (tertiary/aromatic N) is 1. The highest BCUT2D eigenvalue weighted by Crippen LogP contribution is 2.23. The summed E-state index contributed by atoms with van der Waals surface area (Å²) in [5.74, 6) is -0.287. The smallest absolute Gasteiger partial charge is 0.319 e. The SMILES string of the molecule is Cc1c(Cl)cccc1NC(=O)N[C@@H]1C[C@H]2C(=O)NCC(=O)N2C1. The first-order valence-corrected chi connectivity index (χ1v) is 7.73. The molecule has 0 unspecified atom stereocenters. The van der Waals surface area contributed by atoms with E-state index in [1.807, 2.05) is 6.92 Å². The van der Waals surface area contributed by atoms with Gasteiger partial charge < -0.3 is 20.9 Å². The van der Waals surface area contributed by atoms with E-state index in [1.165, 1.54) is 4.90 Å². The third-order valence-corrected chi connectivity index (χ3v) is 4.60. The van der Waals surface area contributed by atoms with E-state index in [4.69, 9.17) is 11.6 Å². The third-order valence-electron chi connectivity index (χ3n) is 4.19. The van der Waals surface area contributed by atoms with Crippen molar-refractivity contribution >= 4 is 35.1 Å². The number of carbonyl (C=O) groups excluding carboxylic acids is 3. The van der Waals surface area contributed by atoms with Crippen LogP contribution in [0.2, 0.25) is 5.02 Å². The molecule has 8 heteroatoms. The number of carbonyl (C=O) groups is 3. The zero-order valence-electron chi connectivity index (χ0n) is 12.6. The average molecular weight is 337 g/mol. The van der Waals surface area contributed by atoms with E-state index in [-0.39, 0.29) is 30.4 Å². The van der Waals surface area contributed by atoms with Crippen molar-refractivity contribution in [3.05, 3.63) is 28.8 Å². The fourth-order valence-electron chi connectivity index (χ4n) is 2.93. The monoisotopic (exact) mass is 336 g/mol. The Balaban J connectivity index is 1.62. The number of piperazine rings is 1. The minimum atomic E-state index is -0.491. The van der Waals surface area contributed by atoms with Crippen molar-refractivity contribution in [3.63, 3.8) is 0 Å². The lowest BCUT2D eigenvalue weighted by atomic mass is 10.1. The van der Waals surface area contributed by atoms with Crippen LogP contribution in [0.4, 0.5) is 10.5 Å². The van der Waals surface area contributed by atoms with E-state index in [9.17, 15) is 14.4 Å². The summed E-state index contributed by atoms with van der Waals surface area (Å²) in [6, 6.07) is 4.13. The van der Waals surface area contributed by atoms with Gasteiger partial charge in [-0.15, -0.1) is 0 Å². The van der Waals surface area contributed by atoms with Gasteiger partial charge in [-0.25, -0.2) is 4.79 Å². The number of urea groups is 1. The van der Waals surface area contributed by atoms with Crippen molar-refractivity contribution in [2.45, 2.75) is 25.4 Å². The predicted octanol–water partition coefficient (Wildman–Crippen LogP) is 0.869. The summed E-state index contributed by atoms with van der Waals surface area (Å²) >= 11 is 6.02. The maximum absolute atomic E-state index is 12.1. The standard InChI is InChI=1S/C15H17ClN4O3/c1-8-10(16)3-2-4-11(8)19-15(23)18-9-5-12-14(22)17-6-13(21)20(12)7-9/h2-4,9,12H,5-7H2,1H3,(H,17,22)(H2,18,19,23)/t9-,12+/m1/s1. The normalized spacial score (nSPS) is 23.3. The molecule has 2 fully saturated rings. The molecule has 122 valence electrons. The van der Waals surface area contributed by atoms with Crippen LogP contribution in [0, 0.1) is 6.92 Å². The molecule has 2 atom stereocenters. The van der Waals surface area contributed by atoms with E-state index in [0.29, 0.717) is 23.7 Å². The first kappa shape index (κ1) is 15.6. The van der Waals surface area contributed by atoms with Crippen molar-refractivity contribution < 1.29 is 14.4 Å². The number of rotatable bonds is 2. The predicted molar refractivity (Wildman–Crippen MR) is 85.3 cm³/mol. The summed E-state index contributed by atoms with van der Waals surface area (Å²) in [4.78, 5) is 37.2. The fraction of sp³-hybridized carbons (Fsp3) is 0.400. The molecule has 23 heavy (non-hydrogen) atoms. The van der Waals surface area contributed by atoms with Gasteiger partial charge in [-0.05, 0) is 31.0 Å². The van der Waals surface area contributed by atoms with Gasteiger partial charge in [0.05, 0.1) is 12.6 Å². The number of hydrogen-bond acceptors (Lipinski definition) is 3. The Labute approximate surface area is 138 Å². The molecule has 0 spiro atoms. The van der Waals surface area contributed by atoms with Crippen molar-refractivity contribution in [2.75, 3.05) is 18.4 Å². The molecule has 1 aromatic carbocycles. The molecule has 0 saturated carbocycles. The molecule has 3 N–H and O–H groups in total. The first-order valence-electron chi connectivity index (χ1n) is 7.35. The number of amides is 4. The van der Waals surface area contributed by atoms with Crippen LogP contribution in [-0.4, -0.2) is 47.9 Å². The van der Waals surface area contributed by atoms with E-state index in [2.05, 4.69) is 16.0 Å². The highest BCUT2D eigenvalue weighted by molar-refractivity contribution is 6.31. The summed E-state index contributed by atoms with van der Waals surface area (Å²) in [6.45, 7) is 2.19. The van der Waals surface area contributed by atoms with E-state index < -0.39 is 6.04 Å². The molecule has 4 amide bonds. The van der Waals surface area contributed by atoms with Crippen molar-refractivity contribution in [1.82, 2.24) is 15.5 Å². The van der Waals surface area contributed by atoms with Crippen molar-refractivity contribution in [3.8, 4) is 0 Å². The molecule has 0 radical (unpaired) electrons. The van der Waals surface area contributed by atoms with Gasteiger partial charge in [-0.1, -0.05) is 17.7 Å². The number of halogens is 1. The Morgan fingerprint density at radius 3 is 2.91 bits per heavy atom. The summed E-state index contributed by atoms with van der Waals surface area (Å²) in [5, 5.41) is 8.68. The van der Waals surface area contributed by atoms with Gasteiger partial charge in [0.15, 0.2) is 0 Å². The Bertz CT molecular complexity index is 655. The first-order chi connectivity index (χ1) is 11.0. The zero-order valence-corrected chi connectivity index (χ0v) is 13.3. The number of fused-ring (bicyclic) bond motifs is 1. The highest BCUT2D eigenvalue weighted by Gasteiger charge is 2.42. The molecule has 7 nitrogen and oxygen atoms in total.